The van der Waals surface area contributed by atoms with Gasteiger partial charge in [0.15, 0.2) is 0 Å². The summed E-state index contributed by atoms with van der Waals surface area (Å²) in [6, 6.07) is 2.00. The number of aromatic nitrogens is 3. The highest BCUT2D eigenvalue weighted by Crippen LogP contribution is 2.31. The van der Waals surface area contributed by atoms with E-state index in [-0.39, 0.29) is 5.56 Å². The van der Waals surface area contributed by atoms with E-state index in [4.69, 9.17) is 0 Å². The minimum absolute atomic E-state index is 0.0842. The summed E-state index contributed by atoms with van der Waals surface area (Å²) in [6.45, 7) is 4.28. The molecule has 0 unspecified atom stereocenters. The number of rotatable bonds is 5. The Balaban J connectivity index is 1.85. The first-order valence-corrected chi connectivity index (χ1v) is 8.15. The van der Waals surface area contributed by atoms with Crippen molar-refractivity contribution in [3.05, 3.63) is 22.1 Å². The number of hydrogen-bond donors (Lipinski definition) is 1. The quantitative estimate of drug-likeness (QED) is 0.920. The third kappa shape index (κ3) is 2.57. The van der Waals surface area contributed by atoms with Crippen molar-refractivity contribution in [1.82, 2.24) is 14.6 Å². The average molecular weight is 292 g/mol. The zero-order valence-electron chi connectivity index (χ0n) is 11.9. The Morgan fingerprint density at radius 3 is 3.00 bits per heavy atom. The molecule has 0 bridgehead atoms. The largest absolute Gasteiger partial charge is 0.357 e. The second-order valence-corrected chi connectivity index (χ2v) is 6.52. The van der Waals surface area contributed by atoms with Crippen LogP contribution in [0.15, 0.2) is 10.9 Å². The Bertz CT molecular complexity index is 659. The van der Waals surface area contributed by atoms with Crippen LogP contribution >= 0.6 is 11.3 Å². The first-order valence-electron chi connectivity index (χ1n) is 7.33. The fourth-order valence-corrected chi connectivity index (χ4v) is 3.47. The molecule has 0 radical (unpaired) electrons. The molecule has 1 aliphatic carbocycles. The zero-order chi connectivity index (χ0) is 14.1. The second-order valence-electron chi connectivity index (χ2n) is 5.56. The molecule has 108 valence electrons. The summed E-state index contributed by atoms with van der Waals surface area (Å²) in [6.07, 6.45) is 5.74. The van der Waals surface area contributed by atoms with E-state index in [1.54, 1.807) is 6.07 Å². The maximum absolute atomic E-state index is 12.0. The molecule has 0 amide bonds. The van der Waals surface area contributed by atoms with Crippen LogP contribution in [0.1, 0.15) is 45.2 Å². The van der Waals surface area contributed by atoms with Gasteiger partial charge in [0.25, 0.3) is 5.56 Å². The van der Waals surface area contributed by atoms with Crippen LogP contribution in [0, 0.1) is 5.92 Å². The molecule has 0 aromatic carbocycles. The molecular weight excluding hydrogens is 272 g/mol. The van der Waals surface area contributed by atoms with E-state index in [0.29, 0.717) is 11.0 Å². The van der Waals surface area contributed by atoms with Crippen LogP contribution in [0.4, 0.5) is 5.13 Å². The number of fused-ring (bicyclic) bond motifs is 1. The Hall–Kier alpha value is -1.43. The van der Waals surface area contributed by atoms with Crippen LogP contribution in [0.5, 0.6) is 0 Å². The van der Waals surface area contributed by atoms with Crippen molar-refractivity contribution < 1.29 is 0 Å². The lowest BCUT2D eigenvalue weighted by atomic mass is 9.80. The second kappa shape index (κ2) is 5.52. The Labute approximate surface area is 122 Å². The van der Waals surface area contributed by atoms with Crippen LogP contribution in [0.2, 0.25) is 0 Å². The smallest absolute Gasteiger partial charge is 0.275 e. The number of nitrogens with zero attached hydrogens (tertiary/aromatic N) is 3. The molecule has 0 aliphatic heterocycles. The van der Waals surface area contributed by atoms with Crippen LogP contribution in [0.3, 0.4) is 0 Å². The van der Waals surface area contributed by atoms with Crippen molar-refractivity contribution in [1.29, 1.82) is 0 Å². The molecule has 1 atom stereocenters. The number of anilines is 1. The van der Waals surface area contributed by atoms with Crippen molar-refractivity contribution in [2.45, 2.75) is 52.0 Å². The van der Waals surface area contributed by atoms with Crippen molar-refractivity contribution in [2.75, 3.05) is 5.32 Å². The molecule has 1 saturated carbocycles. The topological polar surface area (TPSA) is 59.3 Å². The summed E-state index contributed by atoms with van der Waals surface area (Å²) in [5.41, 5.74) is 0.777. The van der Waals surface area contributed by atoms with Gasteiger partial charge < -0.3 is 5.32 Å². The lowest BCUT2D eigenvalue weighted by Crippen LogP contribution is -2.30. The Morgan fingerprint density at radius 2 is 2.35 bits per heavy atom. The van der Waals surface area contributed by atoms with E-state index in [1.807, 2.05) is 0 Å². The van der Waals surface area contributed by atoms with Gasteiger partial charge >= 0.3 is 0 Å². The molecule has 6 heteroatoms. The first-order chi connectivity index (χ1) is 9.67. The van der Waals surface area contributed by atoms with Crippen LogP contribution in [-0.4, -0.2) is 20.6 Å². The third-order valence-electron chi connectivity index (χ3n) is 4.01. The predicted molar refractivity (Wildman–Crippen MR) is 81.6 cm³/mol. The highest BCUT2D eigenvalue weighted by Gasteiger charge is 2.24. The SMILES string of the molecule is CCCc1cc(=O)n2nc(N[C@H](C)C3CCC3)sc2n1. The maximum Gasteiger partial charge on any atom is 0.275 e. The normalized spacial score (nSPS) is 17.1. The lowest BCUT2D eigenvalue weighted by Gasteiger charge is -2.31. The molecule has 20 heavy (non-hydrogen) atoms. The minimum Gasteiger partial charge on any atom is -0.357 e. The van der Waals surface area contributed by atoms with E-state index < -0.39 is 0 Å². The van der Waals surface area contributed by atoms with Gasteiger partial charge in [-0.25, -0.2) is 4.98 Å². The molecule has 1 N–H and O–H groups in total. The molecule has 2 heterocycles. The molecule has 5 nitrogen and oxygen atoms in total. The highest BCUT2D eigenvalue weighted by molar-refractivity contribution is 7.20. The van der Waals surface area contributed by atoms with Gasteiger partial charge in [0.05, 0.1) is 0 Å². The molecule has 1 aliphatic rings. The predicted octanol–water partition coefficient (Wildman–Crippen LogP) is 2.70. The Morgan fingerprint density at radius 1 is 1.55 bits per heavy atom. The van der Waals surface area contributed by atoms with Gasteiger partial charge in [0.2, 0.25) is 10.1 Å². The van der Waals surface area contributed by atoms with Gasteiger partial charge in [-0.2, -0.15) is 4.52 Å². The molecule has 0 saturated heterocycles. The van der Waals surface area contributed by atoms with Gasteiger partial charge in [-0.15, -0.1) is 5.10 Å². The van der Waals surface area contributed by atoms with Crippen molar-refractivity contribution in [3.8, 4) is 0 Å². The lowest BCUT2D eigenvalue weighted by molar-refractivity contribution is 0.285. The van der Waals surface area contributed by atoms with E-state index >= 15 is 0 Å². The minimum atomic E-state index is -0.0842. The van der Waals surface area contributed by atoms with Crippen LogP contribution < -0.4 is 10.9 Å². The Kier molecular flexibility index (Phi) is 3.74. The van der Waals surface area contributed by atoms with Gasteiger partial charge in [-0.3, -0.25) is 4.79 Å². The highest BCUT2D eigenvalue weighted by atomic mass is 32.1. The fourth-order valence-electron chi connectivity index (χ4n) is 2.55. The van der Waals surface area contributed by atoms with Gasteiger partial charge in [-0.1, -0.05) is 31.1 Å². The van der Waals surface area contributed by atoms with E-state index in [2.05, 4.69) is 29.2 Å². The maximum atomic E-state index is 12.0. The van der Waals surface area contributed by atoms with E-state index in [9.17, 15) is 4.79 Å². The van der Waals surface area contributed by atoms with Gasteiger partial charge in [-0.05, 0) is 32.1 Å². The van der Waals surface area contributed by atoms with Crippen LogP contribution in [0.25, 0.3) is 4.96 Å². The molecule has 2 aromatic rings. The summed E-state index contributed by atoms with van der Waals surface area (Å²) in [7, 11) is 0. The summed E-state index contributed by atoms with van der Waals surface area (Å²) >= 11 is 1.46. The summed E-state index contributed by atoms with van der Waals surface area (Å²) < 4.78 is 1.40. The monoisotopic (exact) mass is 292 g/mol. The molecule has 0 spiro atoms. The number of aryl methyl sites for hydroxylation is 1. The molecule has 2 aromatic heterocycles. The summed E-state index contributed by atoms with van der Waals surface area (Å²) in [5, 5.41) is 8.56. The van der Waals surface area contributed by atoms with E-state index in [1.165, 1.54) is 35.1 Å². The summed E-state index contributed by atoms with van der Waals surface area (Å²) in [4.78, 5) is 17.2. The zero-order valence-corrected chi connectivity index (χ0v) is 12.7. The number of nitrogens with one attached hydrogen (secondary N) is 1. The van der Waals surface area contributed by atoms with Gasteiger partial charge in [0, 0.05) is 17.8 Å². The van der Waals surface area contributed by atoms with E-state index in [0.717, 1.165) is 29.6 Å². The molecule has 1 fully saturated rings. The average Bonchev–Trinajstić information content (AvgIpc) is 2.70. The van der Waals surface area contributed by atoms with Crippen molar-refractivity contribution >= 4 is 21.4 Å². The van der Waals surface area contributed by atoms with Crippen molar-refractivity contribution in [3.63, 3.8) is 0 Å². The molecule has 3 rings (SSSR count). The van der Waals surface area contributed by atoms with Crippen LogP contribution in [-0.2, 0) is 6.42 Å². The summed E-state index contributed by atoms with van der Waals surface area (Å²) in [5.74, 6) is 0.738. The third-order valence-corrected chi connectivity index (χ3v) is 4.85. The molecular formula is C14H20N4OS. The van der Waals surface area contributed by atoms with Gasteiger partial charge in [0.1, 0.15) is 0 Å². The number of hydrogen-bond acceptors (Lipinski definition) is 5. The first kappa shape index (κ1) is 13.5. The fraction of sp³-hybridized carbons (Fsp3) is 0.643. The van der Waals surface area contributed by atoms with Crippen molar-refractivity contribution in [2.24, 2.45) is 5.92 Å². The standard InChI is InChI=1S/C14H20N4OS/c1-3-5-11-8-12(19)18-14(16-11)20-13(17-18)15-9(2)10-6-4-7-10/h8-10H,3-7H2,1-2H3,(H,15,17)/t9-/m1/s1.